The molecule has 200 valence electrons. The smallest absolute Gasteiger partial charge is 0.416 e. The molecule has 5 rings (SSSR count). The lowest BCUT2D eigenvalue weighted by Crippen LogP contribution is -2.20. The van der Waals surface area contributed by atoms with E-state index in [2.05, 4.69) is 19.2 Å². The fraction of sp³-hybridized carbons (Fsp3) is 0.200. The van der Waals surface area contributed by atoms with Crippen LogP contribution >= 0.6 is 11.8 Å². The molecule has 0 fully saturated rings. The number of fused-ring (bicyclic) bond motifs is 2. The highest BCUT2D eigenvalue weighted by molar-refractivity contribution is 7.99. The van der Waals surface area contributed by atoms with Crippen molar-refractivity contribution in [2.45, 2.75) is 35.7 Å². The Hall–Kier alpha value is -3.98. The maximum Gasteiger partial charge on any atom is 0.416 e. The van der Waals surface area contributed by atoms with Crippen LogP contribution in [0.2, 0.25) is 0 Å². The Morgan fingerprint density at radius 1 is 0.846 bits per heavy atom. The maximum atomic E-state index is 13.7. The Bertz CT molecular complexity index is 1630. The molecule has 39 heavy (non-hydrogen) atoms. The largest absolute Gasteiger partial charge is 0.497 e. The van der Waals surface area contributed by atoms with Crippen LogP contribution in [0.4, 0.5) is 13.2 Å². The Morgan fingerprint density at radius 2 is 1.54 bits per heavy atom. The normalized spacial score (nSPS) is 13.1. The van der Waals surface area contributed by atoms with Gasteiger partial charge in [0, 0.05) is 37.9 Å². The van der Waals surface area contributed by atoms with E-state index in [1.807, 2.05) is 30.3 Å². The molecule has 0 bridgehead atoms. The highest BCUT2D eigenvalue weighted by Crippen LogP contribution is 2.46. The van der Waals surface area contributed by atoms with Crippen LogP contribution in [0.1, 0.15) is 42.0 Å². The molecule has 0 spiro atoms. The van der Waals surface area contributed by atoms with Crippen LogP contribution in [0.5, 0.6) is 11.5 Å². The van der Waals surface area contributed by atoms with Gasteiger partial charge in [-0.1, -0.05) is 43.8 Å². The predicted molar refractivity (Wildman–Crippen MR) is 149 cm³/mol. The first-order chi connectivity index (χ1) is 18.5. The molecule has 9 heteroatoms. The molecular weight excluding hydrogens is 523 g/mol. The summed E-state index contributed by atoms with van der Waals surface area (Å²) < 4.78 is 52.1. The third-order valence-corrected chi connectivity index (χ3v) is 7.70. The lowest BCUT2D eigenvalue weighted by atomic mass is 9.88. The van der Waals surface area contributed by atoms with Crippen LogP contribution in [0.3, 0.4) is 0 Å². The molecule has 0 aromatic heterocycles. The fourth-order valence-electron chi connectivity index (χ4n) is 4.76. The number of alkyl halides is 3. The van der Waals surface area contributed by atoms with Crippen LogP contribution in [0, 0.1) is 10.8 Å². The van der Waals surface area contributed by atoms with E-state index in [4.69, 9.17) is 20.3 Å². The molecule has 0 atom stereocenters. The van der Waals surface area contributed by atoms with Crippen molar-refractivity contribution >= 4 is 34.2 Å². The quantitative estimate of drug-likeness (QED) is 0.227. The lowest BCUT2D eigenvalue weighted by molar-refractivity contribution is -0.137. The Morgan fingerprint density at radius 3 is 2.15 bits per heavy atom. The van der Waals surface area contributed by atoms with E-state index >= 15 is 0 Å². The van der Waals surface area contributed by atoms with Gasteiger partial charge in [0.1, 0.15) is 23.2 Å². The van der Waals surface area contributed by atoms with Crippen LogP contribution in [-0.2, 0) is 6.18 Å². The summed E-state index contributed by atoms with van der Waals surface area (Å²) in [6, 6.07) is 16.6. The minimum absolute atomic E-state index is 0.0174. The number of amidine groups is 2. The minimum Gasteiger partial charge on any atom is -0.497 e. The summed E-state index contributed by atoms with van der Waals surface area (Å²) in [6.07, 6.45) is -4.53. The number of hydrogen-bond donors (Lipinski definition) is 3. The molecule has 0 aliphatic carbocycles. The maximum absolute atomic E-state index is 13.7. The summed E-state index contributed by atoms with van der Waals surface area (Å²) in [6.45, 7) is 4.15. The number of benzene rings is 4. The highest BCUT2D eigenvalue weighted by atomic mass is 32.2. The van der Waals surface area contributed by atoms with Crippen molar-refractivity contribution in [2.24, 2.45) is 0 Å². The molecule has 0 amide bonds. The van der Waals surface area contributed by atoms with Gasteiger partial charge in [-0.15, -0.1) is 0 Å². The number of hydrogen-bond acceptors (Lipinski definition) is 5. The first-order valence-corrected chi connectivity index (χ1v) is 13.0. The van der Waals surface area contributed by atoms with Gasteiger partial charge in [0.05, 0.1) is 19.8 Å². The van der Waals surface area contributed by atoms with Crippen molar-refractivity contribution in [3.05, 3.63) is 82.9 Å². The van der Waals surface area contributed by atoms with Crippen molar-refractivity contribution in [3.63, 3.8) is 0 Å². The molecule has 0 saturated heterocycles. The van der Waals surface area contributed by atoms with Gasteiger partial charge in [0.15, 0.2) is 0 Å². The van der Waals surface area contributed by atoms with Crippen LogP contribution in [-0.4, -0.2) is 25.9 Å². The highest BCUT2D eigenvalue weighted by Gasteiger charge is 2.33. The Labute approximate surface area is 228 Å². The van der Waals surface area contributed by atoms with Crippen molar-refractivity contribution in [1.82, 2.24) is 5.32 Å². The van der Waals surface area contributed by atoms with Crippen molar-refractivity contribution in [3.8, 4) is 22.6 Å². The van der Waals surface area contributed by atoms with Crippen molar-refractivity contribution < 1.29 is 22.6 Å². The molecule has 3 N–H and O–H groups in total. The molecule has 4 aromatic carbocycles. The molecule has 1 heterocycles. The first-order valence-electron chi connectivity index (χ1n) is 12.2. The van der Waals surface area contributed by atoms with Crippen molar-refractivity contribution in [2.75, 3.05) is 14.2 Å². The van der Waals surface area contributed by atoms with Gasteiger partial charge in [-0.3, -0.25) is 10.8 Å². The summed E-state index contributed by atoms with van der Waals surface area (Å²) in [5, 5.41) is 21.3. The number of ether oxygens (including phenoxy) is 2. The zero-order valence-electron chi connectivity index (χ0n) is 21.7. The molecule has 1 aliphatic heterocycles. The summed E-state index contributed by atoms with van der Waals surface area (Å²) in [7, 11) is 3.14. The summed E-state index contributed by atoms with van der Waals surface area (Å²) in [4.78, 5) is 1.64. The molecule has 4 aromatic rings. The SMILES string of the molecule is COc1cc(OC)cc(Sc2cc(C(C)C)cc3cc4c(c(-c5cccc(C(F)(F)F)c5)c23)C(=N)NC4=N)c1. The van der Waals surface area contributed by atoms with E-state index in [0.29, 0.717) is 39.1 Å². The number of nitrogens with one attached hydrogen (secondary N) is 3. The number of rotatable bonds is 6. The van der Waals surface area contributed by atoms with Gasteiger partial charge in [0.2, 0.25) is 0 Å². The zero-order valence-corrected chi connectivity index (χ0v) is 22.5. The second kappa shape index (κ2) is 9.96. The van der Waals surface area contributed by atoms with Gasteiger partial charge < -0.3 is 14.8 Å². The fourth-order valence-corrected chi connectivity index (χ4v) is 5.88. The molecule has 0 radical (unpaired) electrons. The average Bonchev–Trinajstić information content (AvgIpc) is 3.19. The lowest BCUT2D eigenvalue weighted by Gasteiger charge is -2.19. The predicted octanol–water partition coefficient (Wildman–Crippen LogP) is 8.07. The van der Waals surface area contributed by atoms with Crippen LogP contribution < -0.4 is 14.8 Å². The van der Waals surface area contributed by atoms with E-state index in [0.717, 1.165) is 32.9 Å². The second-order valence-electron chi connectivity index (χ2n) is 9.55. The van der Waals surface area contributed by atoms with Crippen LogP contribution in [0.25, 0.3) is 21.9 Å². The molecule has 1 aliphatic rings. The topological polar surface area (TPSA) is 78.2 Å². The van der Waals surface area contributed by atoms with Gasteiger partial charge in [-0.2, -0.15) is 13.2 Å². The third-order valence-electron chi connectivity index (χ3n) is 6.69. The van der Waals surface area contributed by atoms with E-state index in [1.54, 1.807) is 26.4 Å². The Kier molecular flexibility index (Phi) is 6.80. The van der Waals surface area contributed by atoms with Gasteiger partial charge >= 0.3 is 6.18 Å². The minimum atomic E-state index is -4.53. The zero-order chi connectivity index (χ0) is 28.1. The standard InChI is InChI=1S/C30H26F3N3O2S/c1-15(2)17-8-18-10-23-27(29(35)36-28(23)34)26(16-6-5-7-19(9-16)30(31,32)33)25(18)24(11-17)39-22-13-20(37-3)12-21(14-22)38-4/h5-15H,1-4H3,(H3,34,35,36). The van der Waals surface area contributed by atoms with E-state index in [9.17, 15) is 13.2 Å². The molecule has 5 nitrogen and oxygen atoms in total. The second-order valence-corrected chi connectivity index (χ2v) is 10.7. The molecule has 0 unspecified atom stereocenters. The van der Waals surface area contributed by atoms with Crippen LogP contribution in [0.15, 0.2) is 70.5 Å². The molecular formula is C30H26F3N3O2S. The molecule has 0 saturated carbocycles. The summed E-state index contributed by atoms with van der Waals surface area (Å²) >= 11 is 1.45. The summed E-state index contributed by atoms with van der Waals surface area (Å²) in [5.74, 6) is 1.43. The van der Waals surface area contributed by atoms with Gasteiger partial charge in [-0.25, -0.2) is 0 Å². The average molecular weight is 550 g/mol. The monoisotopic (exact) mass is 549 g/mol. The van der Waals surface area contributed by atoms with E-state index in [-0.39, 0.29) is 17.6 Å². The van der Waals surface area contributed by atoms with Crippen molar-refractivity contribution in [1.29, 1.82) is 10.8 Å². The third kappa shape index (κ3) is 4.94. The van der Waals surface area contributed by atoms with Gasteiger partial charge in [-0.05, 0) is 58.8 Å². The van der Waals surface area contributed by atoms with Gasteiger partial charge in [0.25, 0.3) is 0 Å². The van der Waals surface area contributed by atoms with E-state index < -0.39 is 11.7 Å². The number of methoxy groups -OCH3 is 2. The number of halogens is 3. The Balaban J connectivity index is 1.87. The first kappa shape index (κ1) is 26.6. The van der Waals surface area contributed by atoms with E-state index in [1.165, 1.54) is 17.8 Å². The summed E-state index contributed by atoms with van der Waals surface area (Å²) in [5.41, 5.74) is 1.98.